The van der Waals surface area contributed by atoms with Gasteiger partial charge in [0.25, 0.3) is 0 Å². The molecule has 3 atom stereocenters. The van der Waals surface area contributed by atoms with Crippen molar-refractivity contribution in [2.24, 2.45) is 15.9 Å². The SMILES string of the molecule is CS(=O)C[C@H]1CN(C2CCN(C3=NN=C(N)C3)CC2)[C@@H](Cc2ccc(Cl)cc2)CO1. The molecule has 1 aromatic rings. The molecule has 0 spiro atoms. The normalized spacial score (nSPS) is 27.1. The average Bonchev–Trinajstić information content (AvgIpc) is 3.17. The highest BCUT2D eigenvalue weighted by molar-refractivity contribution is 7.84. The van der Waals surface area contributed by atoms with Crippen molar-refractivity contribution in [3.63, 3.8) is 0 Å². The van der Waals surface area contributed by atoms with Crippen LogP contribution in [-0.2, 0) is 22.0 Å². The van der Waals surface area contributed by atoms with E-state index in [1.165, 1.54) is 5.56 Å². The zero-order valence-corrected chi connectivity index (χ0v) is 18.9. The molecular weight excluding hydrogens is 422 g/mol. The number of amidine groups is 2. The number of nitrogens with two attached hydrogens (primary N) is 1. The molecule has 0 aliphatic carbocycles. The molecule has 7 nitrogen and oxygen atoms in total. The molecule has 1 unspecified atom stereocenters. The molecule has 3 aliphatic rings. The minimum Gasteiger partial charge on any atom is -0.385 e. The second kappa shape index (κ2) is 9.77. The monoisotopic (exact) mass is 451 g/mol. The lowest BCUT2D eigenvalue weighted by molar-refractivity contribution is -0.0761. The number of nitrogens with zero attached hydrogens (tertiary/aromatic N) is 4. The summed E-state index contributed by atoms with van der Waals surface area (Å²) in [5.74, 6) is 2.18. The summed E-state index contributed by atoms with van der Waals surface area (Å²) in [5, 5.41) is 8.96. The fourth-order valence-electron chi connectivity index (χ4n) is 4.64. The summed E-state index contributed by atoms with van der Waals surface area (Å²) in [5.41, 5.74) is 7.05. The first-order valence-corrected chi connectivity index (χ1v) is 12.6. The summed E-state index contributed by atoms with van der Waals surface area (Å²) in [6, 6.07) is 8.88. The van der Waals surface area contributed by atoms with Gasteiger partial charge in [0.1, 0.15) is 11.7 Å². The number of morpholine rings is 1. The molecule has 0 bridgehead atoms. The van der Waals surface area contributed by atoms with Crippen LogP contribution >= 0.6 is 11.6 Å². The fraction of sp³-hybridized carbons (Fsp3) is 0.619. The van der Waals surface area contributed by atoms with E-state index in [0.717, 1.165) is 49.8 Å². The second-order valence-electron chi connectivity index (χ2n) is 8.38. The van der Waals surface area contributed by atoms with E-state index < -0.39 is 10.8 Å². The third-order valence-corrected chi connectivity index (χ3v) is 7.24. The van der Waals surface area contributed by atoms with E-state index in [1.807, 2.05) is 12.1 Å². The first kappa shape index (κ1) is 21.7. The lowest BCUT2D eigenvalue weighted by atomic mass is 9.96. The van der Waals surface area contributed by atoms with E-state index in [1.54, 1.807) is 6.26 Å². The second-order valence-corrected chi connectivity index (χ2v) is 10.3. The van der Waals surface area contributed by atoms with Crippen molar-refractivity contribution in [1.82, 2.24) is 9.80 Å². The maximum absolute atomic E-state index is 11.8. The van der Waals surface area contributed by atoms with Crippen molar-refractivity contribution in [1.29, 1.82) is 0 Å². The standard InChI is InChI=1S/C21H30ClN5O2S/c1-30(28)14-19-12-27(18(13-29-19)10-15-2-4-16(22)5-3-15)17-6-8-26(9-7-17)21-11-20(23)24-25-21/h2-5,17-19H,6-14H2,1H3,(H2,23,24)/t18-,19+,30?/m0/s1. The minimum absolute atomic E-state index is 0.0303. The number of ether oxygens (including phenoxy) is 1. The summed E-state index contributed by atoms with van der Waals surface area (Å²) in [4.78, 5) is 4.92. The Labute approximate surface area is 185 Å². The molecule has 3 aliphatic heterocycles. The van der Waals surface area contributed by atoms with Crippen molar-refractivity contribution in [3.05, 3.63) is 34.9 Å². The highest BCUT2D eigenvalue weighted by atomic mass is 35.5. The zero-order valence-electron chi connectivity index (χ0n) is 17.4. The van der Waals surface area contributed by atoms with Crippen LogP contribution in [0.1, 0.15) is 24.8 Å². The van der Waals surface area contributed by atoms with Gasteiger partial charge in [0.15, 0.2) is 0 Å². The molecule has 30 heavy (non-hydrogen) atoms. The first-order chi connectivity index (χ1) is 14.5. The third-order valence-electron chi connectivity index (χ3n) is 6.14. The number of benzene rings is 1. The van der Waals surface area contributed by atoms with Crippen molar-refractivity contribution >= 4 is 34.1 Å². The van der Waals surface area contributed by atoms with E-state index in [9.17, 15) is 4.21 Å². The third kappa shape index (κ3) is 5.41. The quantitative estimate of drug-likeness (QED) is 0.738. The summed E-state index contributed by atoms with van der Waals surface area (Å²) >= 11 is 6.05. The highest BCUT2D eigenvalue weighted by Gasteiger charge is 2.36. The lowest BCUT2D eigenvalue weighted by Crippen LogP contribution is -2.58. The number of piperidine rings is 1. The Morgan fingerprint density at radius 2 is 1.97 bits per heavy atom. The molecule has 2 fully saturated rings. The number of hydrogen-bond donors (Lipinski definition) is 1. The van der Waals surface area contributed by atoms with Gasteiger partial charge in [-0.25, -0.2) is 0 Å². The number of rotatable bonds is 5. The number of hydrogen-bond acceptors (Lipinski definition) is 7. The van der Waals surface area contributed by atoms with Gasteiger partial charge < -0.3 is 15.4 Å². The Morgan fingerprint density at radius 3 is 2.60 bits per heavy atom. The van der Waals surface area contributed by atoms with Crippen LogP contribution < -0.4 is 5.73 Å². The van der Waals surface area contributed by atoms with Gasteiger partial charge in [0.2, 0.25) is 0 Å². The van der Waals surface area contributed by atoms with E-state index >= 15 is 0 Å². The predicted octanol–water partition coefficient (Wildman–Crippen LogP) is 1.87. The van der Waals surface area contributed by atoms with Gasteiger partial charge in [-0.3, -0.25) is 9.11 Å². The molecule has 0 radical (unpaired) electrons. The molecule has 4 rings (SSSR count). The first-order valence-electron chi connectivity index (χ1n) is 10.5. The predicted molar refractivity (Wildman–Crippen MR) is 123 cm³/mol. The molecule has 1 aromatic carbocycles. The van der Waals surface area contributed by atoms with Crippen LogP contribution in [-0.4, -0.2) is 82.1 Å². The van der Waals surface area contributed by atoms with Crippen molar-refractivity contribution < 1.29 is 8.95 Å². The van der Waals surface area contributed by atoms with Gasteiger partial charge in [-0.1, -0.05) is 23.7 Å². The Bertz CT molecular complexity index is 823. The molecule has 164 valence electrons. The Kier molecular flexibility index (Phi) is 7.08. The van der Waals surface area contributed by atoms with Gasteiger partial charge in [0, 0.05) is 53.8 Å². The van der Waals surface area contributed by atoms with Crippen LogP contribution in [0.4, 0.5) is 0 Å². The summed E-state index contributed by atoms with van der Waals surface area (Å²) in [6.45, 7) is 3.42. The molecule has 0 amide bonds. The van der Waals surface area contributed by atoms with Crippen LogP contribution in [0, 0.1) is 0 Å². The van der Waals surface area contributed by atoms with Gasteiger partial charge in [-0.15, -0.1) is 10.2 Å². The van der Waals surface area contributed by atoms with Gasteiger partial charge in [0.05, 0.1) is 24.9 Å². The van der Waals surface area contributed by atoms with E-state index in [-0.39, 0.29) is 6.10 Å². The van der Waals surface area contributed by atoms with E-state index in [0.29, 0.717) is 36.7 Å². The summed E-state index contributed by atoms with van der Waals surface area (Å²) in [6.07, 6.45) is 5.50. The van der Waals surface area contributed by atoms with Gasteiger partial charge in [-0.05, 0) is 37.0 Å². The Hall–Kier alpha value is -1.48. The van der Waals surface area contributed by atoms with Gasteiger partial charge in [-0.2, -0.15) is 0 Å². The maximum Gasteiger partial charge on any atom is 0.135 e. The van der Waals surface area contributed by atoms with Crippen molar-refractivity contribution in [3.8, 4) is 0 Å². The van der Waals surface area contributed by atoms with E-state index in [2.05, 4.69) is 32.1 Å². The topological polar surface area (TPSA) is 83.5 Å². The molecule has 0 saturated carbocycles. The highest BCUT2D eigenvalue weighted by Crippen LogP contribution is 2.26. The van der Waals surface area contributed by atoms with Crippen LogP contribution in [0.25, 0.3) is 0 Å². The number of likely N-dealkylation sites (tertiary alicyclic amines) is 1. The average molecular weight is 452 g/mol. The molecule has 2 N–H and O–H groups in total. The summed E-state index contributed by atoms with van der Waals surface area (Å²) in [7, 11) is -0.861. The van der Waals surface area contributed by atoms with Crippen LogP contribution in [0.15, 0.2) is 34.5 Å². The Morgan fingerprint density at radius 1 is 1.23 bits per heavy atom. The van der Waals surface area contributed by atoms with Crippen molar-refractivity contribution in [2.75, 3.05) is 38.2 Å². The van der Waals surface area contributed by atoms with E-state index in [4.69, 9.17) is 22.1 Å². The molecular formula is C21H30ClN5O2S. The Balaban J connectivity index is 1.41. The fourth-order valence-corrected chi connectivity index (χ4v) is 5.49. The molecule has 3 heterocycles. The van der Waals surface area contributed by atoms with Gasteiger partial charge >= 0.3 is 0 Å². The molecule has 9 heteroatoms. The van der Waals surface area contributed by atoms with Crippen LogP contribution in [0.5, 0.6) is 0 Å². The largest absolute Gasteiger partial charge is 0.385 e. The molecule has 2 saturated heterocycles. The lowest BCUT2D eigenvalue weighted by Gasteiger charge is -2.47. The maximum atomic E-state index is 11.8. The van der Waals surface area contributed by atoms with Crippen LogP contribution in [0.3, 0.4) is 0 Å². The zero-order chi connectivity index (χ0) is 21.1. The van der Waals surface area contributed by atoms with Crippen LogP contribution in [0.2, 0.25) is 5.02 Å². The minimum atomic E-state index is -0.861. The van der Waals surface area contributed by atoms with Crippen molar-refractivity contribution in [2.45, 2.75) is 43.9 Å². The number of halogens is 1. The smallest absolute Gasteiger partial charge is 0.135 e. The summed E-state index contributed by atoms with van der Waals surface area (Å²) < 4.78 is 17.9. The molecule has 0 aromatic heterocycles.